The number of nitrogens with zero attached hydrogens (tertiary/aromatic N) is 3. The van der Waals surface area contributed by atoms with Crippen LogP contribution in [0.15, 0.2) is 97.6 Å². The highest BCUT2D eigenvalue weighted by Crippen LogP contribution is 2.18. The second-order valence-electron chi connectivity index (χ2n) is 7.10. The molecule has 0 saturated carbocycles. The Balaban J connectivity index is 1.15. The smallest absolute Gasteiger partial charge is 0.312 e. The van der Waals surface area contributed by atoms with E-state index in [1.54, 1.807) is 12.7 Å². The minimum Gasteiger partial charge on any atom is -0.489 e. The van der Waals surface area contributed by atoms with Gasteiger partial charge in [0.05, 0.1) is 11.2 Å². The highest BCUT2D eigenvalue weighted by molar-refractivity contribution is 5.78. The average molecular weight is 409 g/mol. The van der Waals surface area contributed by atoms with E-state index >= 15 is 0 Å². The van der Waals surface area contributed by atoms with Crippen LogP contribution in [0.4, 0.5) is 0 Å². The molecule has 0 unspecified atom stereocenters. The molecule has 1 N–H and O–H groups in total. The van der Waals surface area contributed by atoms with E-state index in [4.69, 9.17) is 9.47 Å². The maximum Gasteiger partial charge on any atom is 0.312 e. The van der Waals surface area contributed by atoms with Gasteiger partial charge in [-0.25, -0.2) is 4.98 Å². The Morgan fingerprint density at radius 3 is 2.26 bits per heavy atom. The van der Waals surface area contributed by atoms with Crippen molar-refractivity contribution in [3.63, 3.8) is 0 Å². The Hall–Kier alpha value is -4.19. The number of hydrogen-bond donors (Lipinski definition) is 1. The Labute approximate surface area is 179 Å². The number of hydrogen-bond acceptors (Lipinski definition) is 4. The SMILES string of the molecule is c1ccc2nc(COc3ccc(COc4ccc(-[n+]5cnc[nH]5)cc4)cc3)ccc2c1. The largest absolute Gasteiger partial charge is 0.489 e. The normalized spacial score (nSPS) is 10.8. The fourth-order valence-corrected chi connectivity index (χ4v) is 3.27. The summed E-state index contributed by atoms with van der Waals surface area (Å²) >= 11 is 0. The third-order valence-corrected chi connectivity index (χ3v) is 4.94. The number of nitrogens with one attached hydrogen (secondary N) is 1. The predicted molar refractivity (Wildman–Crippen MR) is 117 cm³/mol. The molecule has 0 amide bonds. The van der Waals surface area contributed by atoms with Gasteiger partial charge in [0.15, 0.2) is 5.69 Å². The highest BCUT2D eigenvalue weighted by atomic mass is 16.5. The zero-order chi connectivity index (χ0) is 20.9. The molecule has 31 heavy (non-hydrogen) atoms. The second kappa shape index (κ2) is 8.67. The molecule has 0 aliphatic heterocycles. The van der Waals surface area contributed by atoms with Crippen molar-refractivity contribution >= 4 is 10.9 Å². The number of rotatable bonds is 7. The van der Waals surface area contributed by atoms with E-state index in [0.29, 0.717) is 13.2 Å². The van der Waals surface area contributed by atoms with Crippen molar-refractivity contribution in [2.24, 2.45) is 0 Å². The topological polar surface area (TPSA) is 63.9 Å². The molecule has 0 radical (unpaired) electrons. The van der Waals surface area contributed by atoms with Gasteiger partial charge in [-0.1, -0.05) is 36.4 Å². The first-order valence-electron chi connectivity index (χ1n) is 10.0. The van der Waals surface area contributed by atoms with E-state index in [1.165, 1.54) is 0 Å². The average Bonchev–Trinajstić information content (AvgIpc) is 3.37. The van der Waals surface area contributed by atoms with Crippen LogP contribution < -0.4 is 14.2 Å². The van der Waals surface area contributed by atoms with Crippen LogP contribution in [-0.2, 0) is 13.2 Å². The Morgan fingerprint density at radius 2 is 1.48 bits per heavy atom. The number of H-pyrrole nitrogens is 1. The van der Waals surface area contributed by atoms with Crippen LogP contribution in [0.25, 0.3) is 16.6 Å². The van der Waals surface area contributed by atoms with Crippen molar-refractivity contribution in [2.45, 2.75) is 13.2 Å². The van der Waals surface area contributed by atoms with Gasteiger partial charge in [0.25, 0.3) is 0 Å². The van der Waals surface area contributed by atoms with E-state index in [0.717, 1.165) is 39.3 Å². The number of para-hydroxylation sites is 1. The first-order valence-corrected chi connectivity index (χ1v) is 10.0. The standard InChI is InChI=1S/C25H20N4O2/c1-2-4-25-20(3-1)7-8-21(28-25)16-31-23-11-5-19(6-12-23)15-30-24-13-9-22(10-14-24)29-18-26-17-27-29/h1-14,17-18H,15-16H2/p+1. The first-order chi connectivity index (χ1) is 15.3. The fraction of sp³-hybridized carbons (Fsp3) is 0.0800. The monoisotopic (exact) mass is 409 g/mol. The molecule has 2 heterocycles. The van der Waals surface area contributed by atoms with Crippen molar-refractivity contribution in [1.29, 1.82) is 0 Å². The van der Waals surface area contributed by atoms with Gasteiger partial charge in [-0.2, -0.15) is 5.10 Å². The van der Waals surface area contributed by atoms with Crippen molar-refractivity contribution < 1.29 is 14.2 Å². The Bertz CT molecular complexity index is 1270. The summed E-state index contributed by atoms with van der Waals surface area (Å²) in [5.41, 5.74) is 3.95. The van der Waals surface area contributed by atoms with Crippen molar-refractivity contribution in [3.8, 4) is 17.2 Å². The van der Waals surface area contributed by atoms with Gasteiger partial charge in [-0.3, -0.25) is 0 Å². The van der Waals surface area contributed by atoms with Gasteiger partial charge in [0.1, 0.15) is 24.7 Å². The number of benzene rings is 3. The zero-order valence-corrected chi connectivity index (χ0v) is 16.8. The number of pyridine rings is 1. The summed E-state index contributed by atoms with van der Waals surface area (Å²) in [7, 11) is 0. The quantitative estimate of drug-likeness (QED) is 0.405. The molecule has 0 fully saturated rings. The summed E-state index contributed by atoms with van der Waals surface area (Å²) in [4.78, 5) is 8.65. The third-order valence-electron chi connectivity index (χ3n) is 4.94. The van der Waals surface area contributed by atoms with Crippen LogP contribution in [0.2, 0.25) is 0 Å². The van der Waals surface area contributed by atoms with Gasteiger partial charge in [0.2, 0.25) is 6.33 Å². The summed E-state index contributed by atoms with van der Waals surface area (Å²) in [6.07, 6.45) is 3.35. The first kappa shape index (κ1) is 18.8. The molecular formula is C25H21N4O2+. The molecular weight excluding hydrogens is 388 g/mol. The van der Waals surface area contributed by atoms with E-state index in [9.17, 15) is 0 Å². The molecule has 152 valence electrons. The number of aromatic nitrogens is 4. The summed E-state index contributed by atoms with van der Waals surface area (Å²) in [5, 5.41) is 4.14. The van der Waals surface area contributed by atoms with Crippen LogP contribution in [0, 0.1) is 0 Å². The van der Waals surface area contributed by atoms with Crippen LogP contribution in [0.5, 0.6) is 11.5 Å². The molecule has 0 bridgehead atoms. The molecule has 6 nitrogen and oxygen atoms in total. The summed E-state index contributed by atoms with van der Waals surface area (Å²) < 4.78 is 13.6. The molecule has 5 aromatic rings. The maximum atomic E-state index is 5.89. The van der Waals surface area contributed by atoms with Gasteiger partial charge in [-0.15, -0.1) is 4.68 Å². The highest BCUT2D eigenvalue weighted by Gasteiger charge is 2.05. The molecule has 0 aliphatic rings. The van der Waals surface area contributed by atoms with E-state index in [-0.39, 0.29) is 0 Å². The van der Waals surface area contributed by atoms with Gasteiger partial charge >= 0.3 is 6.33 Å². The minimum absolute atomic E-state index is 0.432. The third kappa shape index (κ3) is 4.53. The van der Waals surface area contributed by atoms with Gasteiger partial charge in [-0.05, 0) is 59.1 Å². The van der Waals surface area contributed by atoms with Crippen LogP contribution in [-0.4, -0.2) is 15.1 Å². The zero-order valence-electron chi connectivity index (χ0n) is 16.8. The molecule has 0 saturated heterocycles. The molecule has 3 aromatic carbocycles. The maximum absolute atomic E-state index is 5.89. The van der Waals surface area contributed by atoms with Crippen LogP contribution in [0.1, 0.15) is 11.3 Å². The van der Waals surface area contributed by atoms with Crippen molar-refractivity contribution in [1.82, 2.24) is 15.1 Å². The molecule has 2 aromatic heterocycles. The minimum atomic E-state index is 0.432. The molecule has 5 rings (SSSR count). The number of fused-ring (bicyclic) bond motifs is 1. The van der Waals surface area contributed by atoms with Gasteiger partial charge < -0.3 is 9.47 Å². The summed E-state index contributed by atoms with van der Waals surface area (Å²) in [5.74, 6) is 1.62. The van der Waals surface area contributed by atoms with Crippen LogP contribution in [0.3, 0.4) is 0 Å². The summed E-state index contributed by atoms with van der Waals surface area (Å²) in [6, 6.07) is 27.9. The van der Waals surface area contributed by atoms with Gasteiger partial charge in [0, 0.05) is 5.39 Å². The van der Waals surface area contributed by atoms with E-state index in [1.807, 2.05) is 77.5 Å². The molecule has 0 aliphatic carbocycles. The molecule has 6 heteroatoms. The van der Waals surface area contributed by atoms with E-state index < -0.39 is 0 Å². The lowest BCUT2D eigenvalue weighted by Gasteiger charge is -2.09. The Kier molecular flexibility index (Phi) is 5.26. The Morgan fingerprint density at radius 1 is 0.742 bits per heavy atom. The van der Waals surface area contributed by atoms with E-state index in [2.05, 4.69) is 27.2 Å². The molecule has 0 spiro atoms. The second-order valence-corrected chi connectivity index (χ2v) is 7.10. The lowest BCUT2D eigenvalue weighted by atomic mass is 10.2. The predicted octanol–water partition coefficient (Wildman–Crippen LogP) is 4.39. The van der Waals surface area contributed by atoms with Crippen LogP contribution >= 0.6 is 0 Å². The lowest BCUT2D eigenvalue weighted by molar-refractivity contribution is -0.656. The van der Waals surface area contributed by atoms with Crippen molar-refractivity contribution in [3.05, 3.63) is 109 Å². The van der Waals surface area contributed by atoms with Crippen molar-refractivity contribution in [2.75, 3.05) is 0 Å². The summed E-state index contributed by atoms with van der Waals surface area (Å²) in [6.45, 7) is 0.921. The lowest BCUT2D eigenvalue weighted by Crippen LogP contribution is -2.31. The molecule has 0 atom stereocenters. The fourth-order valence-electron chi connectivity index (χ4n) is 3.27. The number of aromatic amines is 1. The number of ether oxygens (including phenoxy) is 2.